The van der Waals surface area contributed by atoms with Crippen LogP contribution in [0, 0.1) is 0 Å². The Bertz CT molecular complexity index is 407. The smallest absolute Gasteiger partial charge is 0.0595 e. The average Bonchev–Trinajstić information content (AvgIpc) is 2.31. The Labute approximate surface area is 112 Å². The highest BCUT2D eigenvalue weighted by Crippen LogP contribution is 2.23. The molecule has 0 saturated carbocycles. The number of halogens is 2. The summed E-state index contributed by atoms with van der Waals surface area (Å²) < 4.78 is 0. The number of benzene rings is 1. The minimum Gasteiger partial charge on any atom is -0.411 e. The SMILES string of the molecule is C/C(CCN(C)Cc1ccc(Cl)c(Cl)c1)=N\O. The third kappa shape index (κ3) is 4.94. The van der Waals surface area contributed by atoms with E-state index in [1.807, 2.05) is 19.2 Å². The van der Waals surface area contributed by atoms with Crippen molar-refractivity contribution in [2.45, 2.75) is 19.9 Å². The van der Waals surface area contributed by atoms with E-state index in [2.05, 4.69) is 10.1 Å². The van der Waals surface area contributed by atoms with Crippen molar-refractivity contribution < 1.29 is 5.21 Å². The molecule has 0 saturated heterocycles. The van der Waals surface area contributed by atoms with Gasteiger partial charge in [0.2, 0.25) is 0 Å². The molecule has 3 nitrogen and oxygen atoms in total. The van der Waals surface area contributed by atoms with Crippen molar-refractivity contribution in [3.63, 3.8) is 0 Å². The number of hydrogen-bond acceptors (Lipinski definition) is 3. The van der Waals surface area contributed by atoms with E-state index in [1.54, 1.807) is 13.0 Å². The molecule has 0 unspecified atom stereocenters. The van der Waals surface area contributed by atoms with Gasteiger partial charge in [0, 0.05) is 19.5 Å². The van der Waals surface area contributed by atoms with Crippen LogP contribution in [0.2, 0.25) is 10.0 Å². The summed E-state index contributed by atoms with van der Waals surface area (Å²) in [6.07, 6.45) is 0.744. The Morgan fingerprint density at radius 2 is 2.06 bits per heavy atom. The first-order valence-electron chi connectivity index (χ1n) is 5.33. The van der Waals surface area contributed by atoms with Gasteiger partial charge in [0.15, 0.2) is 0 Å². The van der Waals surface area contributed by atoms with Crippen molar-refractivity contribution in [1.29, 1.82) is 0 Å². The lowest BCUT2D eigenvalue weighted by atomic mass is 10.2. The third-order valence-electron chi connectivity index (χ3n) is 2.46. The largest absolute Gasteiger partial charge is 0.411 e. The fraction of sp³-hybridized carbons (Fsp3) is 0.417. The van der Waals surface area contributed by atoms with Crippen molar-refractivity contribution >= 4 is 28.9 Å². The quantitative estimate of drug-likeness (QED) is 0.505. The number of oxime groups is 1. The van der Waals surface area contributed by atoms with Gasteiger partial charge in [-0.25, -0.2) is 0 Å². The maximum atomic E-state index is 8.54. The van der Waals surface area contributed by atoms with Crippen LogP contribution < -0.4 is 0 Å². The molecular formula is C12H16Cl2N2O. The second kappa shape index (κ2) is 6.84. The summed E-state index contributed by atoms with van der Waals surface area (Å²) in [6, 6.07) is 5.62. The summed E-state index contributed by atoms with van der Waals surface area (Å²) in [6.45, 7) is 3.42. The fourth-order valence-corrected chi connectivity index (χ4v) is 1.75. The maximum absolute atomic E-state index is 8.54. The molecule has 0 bridgehead atoms. The van der Waals surface area contributed by atoms with E-state index in [0.717, 1.165) is 30.8 Å². The molecule has 0 atom stereocenters. The van der Waals surface area contributed by atoms with Crippen LogP contribution in [-0.2, 0) is 6.54 Å². The van der Waals surface area contributed by atoms with E-state index in [9.17, 15) is 0 Å². The van der Waals surface area contributed by atoms with Gasteiger partial charge in [0.05, 0.1) is 15.8 Å². The molecule has 0 fully saturated rings. The highest BCUT2D eigenvalue weighted by atomic mass is 35.5. The summed E-state index contributed by atoms with van der Waals surface area (Å²) in [5.74, 6) is 0. The number of rotatable bonds is 5. The zero-order valence-corrected chi connectivity index (χ0v) is 11.5. The van der Waals surface area contributed by atoms with Crippen LogP contribution in [0.25, 0.3) is 0 Å². The van der Waals surface area contributed by atoms with Gasteiger partial charge < -0.3 is 10.1 Å². The number of nitrogens with zero attached hydrogens (tertiary/aromatic N) is 2. The molecule has 94 valence electrons. The molecule has 1 N–H and O–H groups in total. The zero-order chi connectivity index (χ0) is 12.8. The van der Waals surface area contributed by atoms with Crippen molar-refractivity contribution in [2.75, 3.05) is 13.6 Å². The van der Waals surface area contributed by atoms with Crippen molar-refractivity contribution in [1.82, 2.24) is 4.90 Å². The van der Waals surface area contributed by atoms with Gasteiger partial charge in [-0.05, 0) is 31.7 Å². The van der Waals surface area contributed by atoms with E-state index in [1.165, 1.54) is 0 Å². The Morgan fingerprint density at radius 3 is 2.65 bits per heavy atom. The van der Waals surface area contributed by atoms with E-state index in [-0.39, 0.29) is 0 Å². The zero-order valence-electron chi connectivity index (χ0n) is 9.95. The lowest BCUT2D eigenvalue weighted by Crippen LogP contribution is -2.20. The van der Waals surface area contributed by atoms with Crippen molar-refractivity contribution in [3.05, 3.63) is 33.8 Å². The molecule has 0 aromatic heterocycles. The van der Waals surface area contributed by atoms with Gasteiger partial charge in [-0.3, -0.25) is 0 Å². The Balaban J connectivity index is 2.50. The second-order valence-corrected chi connectivity index (χ2v) is 4.89. The summed E-state index contributed by atoms with van der Waals surface area (Å²) in [5.41, 5.74) is 1.84. The lowest BCUT2D eigenvalue weighted by Gasteiger charge is -2.16. The standard InChI is InChI=1S/C12H16Cl2N2O/c1-9(15-17)5-6-16(2)8-10-3-4-11(13)12(14)7-10/h3-4,7,17H,5-6,8H2,1-2H3/b15-9+. The molecule has 0 amide bonds. The second-order valence-electron chi connectivity index (χ2n) is 4.07. The molecule has 17 heavy (non-hydrogen) atoms. The first kappa shape index (κ1) is 14.3. The molecule has 0 spiro atoms. The van der Waals surface area contributed by atoms with E-state index in [0.29, 0.717) is 10.0 Å². The summed E-state index contributed by atoms with van der Waals surface area (Å²) >= 11 is 11.8. The summed E-state index contributed by atoms with van der Waals surface area (Å²) in [5, 5.41) is 12.8. The first-order valence-corrected chi connectivity index (χ1v) is 6.08. The third-order valence-corrected chi connectivity index (χ3v) is 3.20. The van der Waals surface area contributed by atoms with Crippen LogP contribution in [0.3, 0.4) is 0 Å². The predicted octanol–water partition coefficient (Wildman–Crippen LogP) is 3.67. The molecule has 0 aliphatic rings. The maximum Gasteiger partial charge on any atom is 0.0595 e. The van der Waals surface area contributed by atoms with E-state index in [4.69, 9.17) is 28.4 Å². The Morgan fingerprint density at radius 1 is 1.35 bits per heavy atom. The highest BCUT2D eigenvalue weighted by Gasteiger charge is 2.04. The van der Waals surface area contributed by atoms with Crippen LogP contribution in [0.15, 0.2) is 23.4 Å². The molecular weight excluding hydrogens is 259 g/mol. The van der Waals surface area contributed by atoms with Crippen LogP contribution in [0.4, 0.5) is 0 Å². The molecule has 0 heterocycles. The van der Waals surface area contributed by atoms with Gasteiger partial charge in [-0.1, -0.05) is 34.4 Å². The Hall–Kier alpha value is -0.770. The number of hydrogen-bond donors (Lipinski definition) is 1. The van der Waals surface area contributed by atoms with E-state index < -0.39 is 0 Å². The molecule has 0 aliphatic carbocycles. The van der Waals surface area contributed by atoms with Crippen LogP contribution in [0.5, 0.6) is 0 Å². The van der Waals surface area contributed by atoms with Crippen molar-refractivity contribution in [3.8, 4) is 0 Å². The van der Waals surface area contributed by atoms with Crippen LogP contribution in [-0.4, -0.2) is 29.4 Å². The molecule has 1 rings (SSSR count). The van der Waals surface area contributed by atoms with Gasteiger partial charge in [-0.15, -0.1) is 0 Å². The molecule has 0 radical (unpaired) electrons. The molecule has 1 aromatic carbocycles. The summed E-state index contributed by atoms with van der Waals surface area (Å²) in [4.78, 5) is 2.13. The lowest BCUT2D eigenvalue weighted by molar-refractivity contribution is 0.310. The topological polar surface area (TPSA) is 35.8 Å². The minimum absolute atomic E-state index is 0.571. The summed E-state index contributed by atoms with van der Waals surface area (Å²) in [7, 11) is 2.01. The van der Waals surface area contributed by atoms with Gasteiger partial charge >= 0.3 is 0 Å². The Kier molecular flexibility index (Phi) is 5.75. The first-order chi connectivity index (χ1) is 8.02. The minimum atomic E-state index is 0.571. The van der Waals surface area contributed by atoms with E-state index >= 15 is 0 Å². The molecule has 1 aromatic rings. The normalized spacial score (nSPS) is 12.2. The molecule has 0 aliphatic heterocycles. The van der Waals surface area contributed by atoms with Gasteiger partial charge in [0.1, 0.15) is 0 Å². The van der Waals surface area contributed by atoms with Gasteiger partial charge in [-0.2, -0.15) is 0 Å². The average molecular weight is 275 g/mol. The van der Waals surface area contributed by atoms with Crippen LogP contribution >= 0.6 is 23.2 Å². The monoisotopic (exact) mass is 274 g/mol. The predicted molar refractivity (Wildman–Crippen MR) is 72.3 cm³/mol. The van der Waals surface area contributed by atoms with Crippen molar-refractivity contribution in [2.24, 2.45) is 5.16 Å². The fourth-order valence-electron chi connectivity index (χ4n) is 1.43. The van der Waals surface area contributed by atoms with Gasteiger partial charge in [0.25, 0.3) is 0 Å². The highest BCUT2D eigenvalue weighted by molar-refractivity contribution is 6.42. The molecule has 5 heteroatoms. The van der Waals surface area contributed by atoms with Crippen LogP contribution in [0.1, 0.15) is 18.9 Å².